The van der Waals surface area contributed by atoms with Crippen molar-refractivity contribution in [3.8, 4) is 0 Å². The number of rotatable bonds is 7. The highest BCUT2D eigenvalue weighted by Gasteiger charge is 2.22. The van der Waals surface area contributed by atoms with Crippen molar-refractivity contribution >= 4 is 24.9 Å². The molecule has 3 heterocycles. The Balaban J connectivity index is 1.71. The van der Waals surface area contributed by atoms with E-state index in [2.05, 4.69) is 63.7 Å². The van der Waals surface area contributed by atoms with E-state index in [4.69, 9.17) is 4.74 Å². The van der Waals surface area contributed by atoms with Gasteiger partial charge in [0.2, 0.25) is 0 Å². The number of likely N-dealkylation sites (N-methyl/N-ethyl adjacent to an activating group) is 1. The Bertz CT molecular complexity index is 675. The number of anilines is 1. The summed E-state index contributed by atoms with van der Waals surface area (Å²) in [4.78, 5) is 11.3. The van der Waals surface area contributed by atoms with Crippen LogP contribution in [0.15, 0.2) is 18.6 Å². The van der Waals surface area contributed by atoms with Gasteiger partial charge in [0, 0.05) is 40.5 Å². The first-order valence-electron chi connectivity index (χ1n) is 8.77. The van der Waals surface area contributed by atoms with Crippen molar-refractivity contribution in [2.75, 3.05) is 31.6 Å². The average molecular weight is 348 g/mol. The fraction of sp³-hybridized carbons (Fsp3) is 0.647. The molecule has 1 aliphatic heterocycles. The molecule has 1 N–H and O–H groups in total. The summed E-state index contributed by atoms with van der Waals surface area (Å²) in [7, 11) is 1.08. The molecule has 7 heteroatoms. The molecular weight excluding hydrogens is 318 g/mol. The second-order valence-electron chi connectivity index (χ2n) is 7.83. The second kappa shape index (κ2) is 7.21. The lowest BCUT2D eigenvalue weighted by Crippen LogP contribution is -2.34. The molecule has 1 unspecified atom stereocenters. The summed E-state index contributed by atoms with van der Waals surface area (Å²) in [5.74, 6) is 1.01. The number of hydrogen-bond acceptors (Lipinski definition) is 5. The van der Waals surface area contributed by atoms with E-state index >= 15 is 0 Å². The first kappa shape index (κ1) is 17.4. The molecule has 0 spiro atoms. The minimum absolute atomic E-state index is 0.499. The summed E-state index contributed by atoms with van der Waals surface area (Å²) in [5, 5.41) is 4.51. The normalized spacial score (nSPS) is 18.4. The van der Waals surface area contributed by atoms with Crippen molar-refractivity contribution < 1.29 is 4.74 Å². The molecule has 0 aromatic carbocycles. The molecule has 3 rings (SSSR count). The van der Waals surface area contributed by atoms with Gasteiger partial charge >= 0.3 is 0 Å². The highest BCUT2D eigenvalue weighted by molar-refractivity contribution is 6.76. The fourth-order valence-electron chi connectivity index (χ4n) is 3.06. The van der Waals surface area contributed by atoms with E-state index in [1.165, 1.54) is 6.04 Å². The van der Waals surface area contributed by atoms with E-state index in [9.17, 15) is 0 Å². The maximum Gasteiger partial charge on any atom is 0.147 e. The number of aromatic nitrogens is 3. The molecule has 0 amide bonds. The van der Waals surface area contributed by atoms with Crippen LogP contribution in [-0.4, -0.2) is 55.4 Å². The SMILES string of the molecule is CN(c1ncnc2c1ccn2COCC[Si](C)(C)C)C1CCNC1. The Morgan fingerprint density at radius 1 is 1.38 bits per heavy atom. The first-order valence-corrected chi connectivity index (χ1v) is 12.5. The molecule has 1 saturated heterocycles. The minimum Gasteiger partial charge on any atom is -0.361 e. The third kappa shape index (κ3) is 3.96. The maximum absolute atomic E-state index is 5.88. The first-order chi connectivity index (χ1) is 11.5. The third-order valence-electron chi connectivity index (χ3n) is 4.68. The lowest BCUT2D eigenvalue weighted by molar-refractivity contribution is 0.0899. The van der Waals surface area contributed by atoms with Crippen molar-refractivity contribution in [1.82, 2.24) is 19.9 Å². The Hall–Kier alpha value is -1.44. The Labute approximate surface area is 145 Å². The topological polar surface area (TPSA) is 55.2 Å². The quantitative estimate of drug-likeness (QED) is 0.616. The standard InChI is InChI=1S/C17H29N5OSi/c1-21(14-5-7-18-11-14)16-15-6-8-22(17(15)20-12-19-16)13-23-9-10-24(2,3)4/h6,8,12,14,18H,5,7,9-11,13H2,1-4H3. The highest BCUT2D eigenvalue weighted by Crippen LogP contribution is 2.25. The van der Waals surface area contributed by atoms with Crippen LogP contribution < -0.4 is 10.2 Å². The van der Waals surface area contributed by atoms with Crippen LogP contribution in [0.4, 0.5) is 5.82 Å². The van der Waals surface area contributed by atoms with Crippen molar-refractivity contribution in [3.05, 3.63) is 18.6 Å². The summed E-state index contributed by atoms with van der Waals surface area (Å²) in [5.41, 5.74) is 0.950. The zero-order valence-electron chi connectivity index (χ0n) is 15.2. The van der Waals surface area contributed by atoms with Crippen LogP contribution in [0, 0.1) is 0 Å². The molecular formula is C17H29N5OSi. The zero-order chi connectivity index (χ0) is 17.2. The van der Waals surface area contributed by atoms with E-state index in [0.717, 1.165) is 43.0 Å². The van der Waals surface area contributed by atoms with E-state index in [1.807, 2.05) is 0 Å². The molecule has 2 aromatic rings. The molecule has 0 radical (unpaired) electrons. The second-order valence-corrected chi connectivity index (χ2v) is 13.4. The number of fused-ring (bicyclic) bond motifs is 1. The Kier molecular flexibility index (Phi) is 5.22. The van der Waals surface area contributed by atoms with Gasteiger partial charge in [0.1, 0.15) is 24.5 Å². The van der Waals surface area contributed by atoms with Crippen LogP contribution in [0.1, 0.15) is 6.42 Å². The van der Waals surface area contributed by atoms with Gasteiger partial charge in [-0.2, -0.15) is 0 Å². The minimum atomic E-state index is -1.04. The van der Waals surface area contributed by atoms with Crippen LogP contribution >= 0.6 is 0 Å². The molecule has 24 heavy (non-hydrogen) atoms. The van der Waals surface area contributed by atoms with Crippen molar-refractivity contribution in [2.45, 2.75) is 44.9 Å². The summed E-state index contributed by atoms with van der Waals surface area (Å²) >= 11 is 0. The molecule has 6 nitrogen and oxygen atoms in total. The van der Waals surface area contributed by atoms with Gasteiger partial charge in [-0.3, -0.25) is 0 Å². The van der Waals surface area contributed by atoms with Gasteiger partial charge in [-0.15, -0.1) is 0 Å². The molecule has 1 fully saturated rings. The van der Waals surface area contributed by atoms with Crippen LogP contribution in [0.25, 0.3) is 11.0 Å². The van der Waals surface area contributed by atoms with E-state index in [-0.39, 0.29) is 0 Å². The number of nitrogens with one attached hydrogen (secondary N) is 1. The zero-order valence-corrected chi connectivity index (χ0v) is 16.2. The van der Waals surface area contributed by atoms with Crippen molar-refractivity contribution in [1.29, 1.82) is 0 Å². The van der Waals surface area contributed by atoms with Crippen LogP contribution in [0.2, 0.25) is 25.7 Å². The number of ether oxygens (including phenoxy) is 1. The number of nitrogens with zero attached hydrogens (tertiary/aromatic N) is 4. The lowest BCUT2D eigenvalue weighted by atomic mass is 10.2. The smallest absolute Gasteiger partial charge is 0.147 e. The highest BCUT2D eigenvalue weighted by atomic mass is 28.3. The maximum atomic E-state index is 5.88. The van der Waals surface area contributed by atoms with Crippen molar-refractivity contribution in [3.63, 3.8) is 0 Å². The van der Waals surface area contributed by atoms with E-state index in [0.29, 0.717) is 12.8 Å². The van der Waals surface area contributed by atoms with Crippen LogP contribution in [0.5, 0.6) is 0 Å². The van der Waals surface area contributed by atoms with E-state index in [1.54, 1.807) is 6.33 Å². The summed E-state index contributed by atoms with van der Waals surface area (Å²) in [6.45, 7) is 10.6. The average Bonchev–Trinajstić information content (AvgIpc) is 3.19. The summed E-state index contributed by atoms with van der Waals surface area (Å²) < 4.78 is 7.95. The summed E-state index contributed by atoms with van der Waals surface area (Å²) in [6.07, 6.45) is 4.87. The van der Waals surface area contributed by atoms with Gasteiger partial charge in [-0.25, -0.2) is 9.97 Å². The van der Waals surface area contributed by atoms with Crippen LogP contribution in [0.3, 0.4) is 0 Å². The molecule has 1 aliphatic rings. The molecule has 2 aromatic heterocycles. The van der Waals surface area contributed by atoms with Crippen molar-refractivity contribution in [2.24, 2.45) is 0 Å². The van der Waals surface area contributed by atoms with Gasteiger partial charge in [0.25, 0.3) is 0 Å². The van der Waals surface area contributed by atoms with Crippen LogP contribution in [-0.2, 0) is 11.5 Å². The number of hydrogen-bond donors (Lipinski definition) is 1. The molecule has 0 aliphatic carbocycles. The molecule has 1 atom stereocenters. The van der Waals surface area contributed by atoms with Gasteiger partial charge in [-0.05, 0) is 25.1 Å². The van der Waals surface area contributed by atoms with Gasteiger partial charge in [-0.1, -0.05) is 19.6 Å². The predicted molar refractivity (Wildman–Crippen MR) is 101 cm³/mol. The fourth-order valence-corrected chi connectivity index (χ4v) is 3.82. The van der Waals surface area contributed by atoms with E-state index < -0.39 is 8.07 Å². The van der Waals surface area contributed by atoms with Gasteiger partial charge in [0.15, 0.2) is 0 Å². The molecule has 0 bridgehead atoms. The molecule has 0 saturated carbocycles. The van der Waals surface area contributed by atoms with Gasteiger partial charge in [0.05, 0.1) is 5.39 Å². The lowest BCUT2D eigenvalue weighted by Gasteiger charge is -2.25. The molecule has 132 valence electrons. The Morgan fingerprint density at radius 2 is 2.21 bits per heavy atom. The van der Waals surface area contributed by atoms with Gasteiger partial charge < -0.3 is 19.5 Å². The largest absolute Gasteiger partial charge is 0.361 e. The summed E-state index contributed by atoms with van der Waals surface area (Å²) in [6, 6.07) is 3.79. The third-order valence-corrected chi connectivity index (χ3v) is 6.38. The Morgan fingerprint density at radius 3 is 2.92 bits per heavy atom. The predicted octanol–water partition coefficient (Wildman–Crippen LogP) is 2.54. The monoisotopic (exact) mass is 347 g/mol.